The first kappa shape index (κ1) is 15.7. The minimum atomic E-state index is -4.22. The van der Waals surface area contributed by atoms with Crippen molar-refractivity contribution in [1.29, 1.82) is 0 Å². The van der Waals surface area contributed by atoms with Crippen molar-refractivity contribution in [3.8, 4) is 0 Å². The van der Waals surface area contributed by atoms with Crippen LogP contribution in [0.4, 0.5) is 13.2 Å². The van der Waals surface area contributed by atoms with Crippen molar-refractivity contribution in [2.45, 2.75) is 32.0 Å². The summed E-state index contributed by atoms with van der Waals surface area (Å²) in [5.74, 6) is 0.575. The molecule has 0 amide bonds. The highest BCUT2D eigenvalue weighted by atomic mass is 19.4. The Balaban J connectivity index is 2.20. The van der Waals surface area contributed by atoms with Gasteiger partial charge in [0.25, 0.3) is 0 Å². The van der Waals surface area contributed by atoms with Crippen molar-refractivity contribution in [3.63, 3.8) is 0 Å². The second-order valence-corrected chi connectivity index (χ2v) is 4.82. The molecule has 0 aromatic carbocycles. The van der Waals surface area contributed by atoms with E-state index in [9.17, 15) is 13.2 Å². The van der Waals surface area contributed by atoms with Crippen LogP contribution in [-0.4, -0.2) is 57.0 Å². The normalized spacial score (nSPS) is 26.5. The molecule has 18 heavy (non-hydrogen) atoms. The monoisotopic (exact) mass is 268 g/mol. The van der Waals surface area contributed by atoms with Gasteiger partial charge in [0.2, 0.25) is 0 Å². The van der Waals surface area contributed by atoms with Crippen LogP contribution in [0.3, 0.4) is 0 Å². The third kappa shape index (κ3) is 5.54. The number of hydrogen-bond donors (Lipinski definition) is 1. The van der Waals surface area contributed by atoms with Gasteiger partial charge in [0.15, 0.2) is 0 Å². The smallest absolute Gasteiger partial charge is 0.371 e. The Morgan fingerprint density at radius 3 is 2.67 bits per heavy atom. The molecule has 0 radical (unpaired) electrons. The van der Waals surface area contributed by atoms with Crippen LogP contribution < -0.4 is 5.32 Å². The quantitative estimate of drug-likeness (QED) is 0.744. The molecule has 1 heterocycles. The van der Waals surface area contributed by atoms with Crippen molar-refractivity contribution < 1.29 is 17.9 Å². The van der Waals surface area contributed by atoms with Gasteiger partial charge in [-0.05, 0) is 25.9 Å². The first-order chi connectivity index (χ1) is 8.46. The Hall–Kier alpha value is -0.330. The lowest BCUT2D eigenvalue weighted by atomic mass is 9.90. The number of likely N-dealkylation sites (tertiary alicyclic amines) is 1. The molecular formula is C12H23F3N2O. The largest absolute Gasteiger partial charge is 0.411 e. The molecule has 1 fully saturated rings. The number of hydrogen-bond acceptors (Lipinski definition) is 3. The van der Waals surface area contributed by atoms with Crippen molar-refractivity contribution in [2.24, 2.45) is 5.92 Å². The van der Waals surface area contributed by atoms with Gasteiger partial charge in [0.05, 0.1) is 6.61 Å². The fraction of sp³-hybridized carbons (Fsp3) is 1.00. The fourth-order valence-corrected chi connectivity index (χ4v) is 2.49. The van der Waals surface area contributed by atoms with E-state index < -0.39 is 12.8 Å². The molecule has 2 unspecified atom stereocenters. The molecule has 0 spiro atoms. The lowest BCUT2D eigenvalue weighted by molar-refractivity contribution is -0.174. The first-order valence-corrected chi connectivity index (χ1v) is 6.50. The SMILES string of the molecule is CCC1CN(CCOCC(F)(F)F)CCC1NC. The van der Waals surface area contributed by atoms with Gasteiger partial charge in [-0.15, -0.1) is 0 Å². The van der Waals surface area contributed by atoms with Crippen LogP contribution in [0.25, 0.3) is 0 Å². The Labute approximate surface area is 107 Å². The Morgan fingerprint density at radius 1 is 1.39 bits per heavy atom. The molecule has 2 atom stereocenters. The van der Waals surface area contributed by atoms with Crippen LogP contribution in [-0.2, 0) is 4.74 Å². The van der Waals surface area contributed by atoms with Crippen molar-refractivity contribution in [3.05, 3.63) is 0 Å². The van der Waals surface area contributed by atoms with E-state index in [0.717, 1.165) is 25.9 Å². The lowest BCUT2D eigenvalue weighted by Gasteiger charge is -2.38. The highest BCUT2D eigenvalue weighted by molar-refractivity contribution is 4.83. The van der Waals surface area contributed by atoms with Crippen LogP contribution >= 0.6 is 0 Å². The molecule has 1 aliphatic rings. The number of halogens is 3. The van der Waals surface area contributed by atoms with Gasteiger partial charge < -0.3 is 15.0 Å². The first-order valence-electron chi connectivity index (χ1n) is 6.50. The van der Waals surface area contributed by atoms with Crippen LogP contribution in [0, 0.1) is 5.92 Å². The highest BCUT2D eigenvalue weighted by Gasteiger charge is 2.28. The maximum atomic E-state index is 11.9. The van der Waals surface area contributed by atoms with Crippen LogP contribution in [0.2, 0.25) is 0 Å². The topological polar surface area (TPSA) is 24.5 Å². The van der Waals surface area contributed by atoms with Gasteiger partial charge in [-0.3, -0.25) is 0 Å². The van der Waals surface area contributed by atoms with E-state index in [4.69, 9.17) is 0 Å². The van der Waals surface area contributed by atoms with Crippen molar-refractivity contribution in [1.82, 2.24) is 10.2 Å². The van der Waals surface area contributed by atoms with E-state index in [1.54, 1.807) is 0 Å². The van der Waals surface area contributed by atoms with Crippen LogP contribution in [0.15, 0.2) is 0 Å². The molecule has 0 bridgehead atoms. The molecule has 1 rings (SSSR count). The molecular weight excluding hydrogens is 245 g/mol. The molecule has 3 nitrogen and oxygen atoms in total. The molecule has 1 saturated heterocycles. The maximum absolute atomic E-state index is 11.9. The zero-order chi connectivity index (χ0) is 13.6. The number of piperidine rings is 1. The summed E-state index contributed by atoms with van der Waals surface area (Å²) in [6.45, 7) is 3.62. The van der Waals surface area contributed by atoms with E-state index in [-0.39, 0.29) is 6.61 Å². The number of nitrogens with zero attached hydrogens (tertiary/aromatic N) is 1. The summed E-state index contributed by atoms with van der Waals surface area (Å²) in [6.07, 6.45) is -2.08. The fourth-order valence-electron chi connectivity index (χ4n) is 2.49. The van der Waals surface area contributed by atoms with Crippen molar-refractivity contribution in [2.75, 3.05) is 39.9 Å². The predicted molar refractivity (Wildman–Crippen MR) is 64.6 cm³/mol. The summed E-state index contributed by atoms with van der Waals surface area (Å²) in [5.41, 5.74) is 0. The average Bonchev–Trinajstić information content (AvgIpc) is 2.33. The molecule has 6 heteroatoms. The van der Waals surface area contributed by atoms with Crippen molar-refractivity contribution >= 4 is 0 Å². The van der Waals surface area contributed by atoms with Gasteiger partial charge in [0.1, 0.15) is 6.61 Å². The number of alkyl halides is 3. The van der Waals surface area contributed by atoms with Gasteiger partial charge >= 0.3 is 6.18 Å². The summed E-state index contributed by atoms with van der Waals surface area (Å²) < 4.78 is 40.3. The number of nitrogens with one attached hydrogen (secondary N) is 1. The summed E-state index contributed by atoms with van der Waals surface area (Å²) in [6, 6.07) is 0.530. The van der Waals surface area contributed by atoms with Gasteiger partial charge in [0, 0.05) is 19.1 Å². The second kappa shape index (κ2) is 7.31. The van der Waals surface area contributed by atoms with E-state index in [1.807, 2.05) is 7.05 Å². The molecule has 1 N–H and O–H groups in total. The Bertz CT molecular complexity index is 236. The summed E-state index contributed by atoms with van der Waals surface area (Å²) in [4.78, 5) is 2.19. The molecule has 108 valence electrons. The molecule has 0 aromatic rings. The molecule has 0 aliphatic carbocycles. The Kier molecular flexibility index (Phi) is 6.38. The number of rotatable bonds is 6. The highest BCUT2D eigenvalue weighted by Crippen LogP contribution is 2.20. The predicted octanol–water partition coefficient (Wildman–Crippen LogP) is 1.89. The summed E-state index contributed by atoms with van der Waals surface area (Å²) in [7, 11) is 1.97. The standard InChI is InChI=1S/C12H23F3N2O/c1-3-10-8-17(5-4-11(10)16-2)6-7-18-9-12(13,14)15/h10-11,16H,3-9H2,1-2H3. The third-order valence-corrected chi connectivity index (χ3v) is 3.53. The third-order valence-electron chi connectivity index (χ3n) is 3.53. The van der Waals surface area contributed by atoms with E-state index in [2.05, 4.69) is 21.9 Å². The average molecular weight is 268 g/mol. The number of ether oxygens (including phenoxy) is 1. The zero-order valence-corrected chi connectivity index (χ0v) is 11.1. The second-order valence-electron chi connectivity index (χ2n) is 4.82. The van der Waals surface area contributed by atoms with Crippen LogP contribution in [0.1, 0.15) is 19.8 Å². The lowest BCUT2D eigenvalue weighted by Crippen LogP contribution is -2.48. The molecule has 0 saturated carbocycles. The molecule has 0 aromatic heterocycles. The van der Waals surface area contributed by atoms with Gasteiger partial charge in [-0.2, -0.15) is 13.2 Å². The minimum Gasteiger partial charge on any atom is -0.371 e. The Morgan fingerprint density at radius 2 is 2.11 bits per heavy atom. The maximum Gasteiger partial charge on any atom is 0.411 e. The minimum absolute atomic E-state index is 0.153. The zero-order valence-electron chi connectivity index (χ0n) is 11.1. The molecule has 1 aliphatic heterocycles. The van der Waals surface area contributed by atoms with E-state index in [0.29, 0.717) is 18.5 Å². The van der Waals surface area contributed by atoms with E-state index >= 15 is 0 Å². The summed E-state index contributed by atoms with van der Waals surface area (Å²) >= 11 is 0. The van der Waals surface area contributed by atoms with E-state index in [1.165, 1.54) is 0 Å². The van der Waals surface area contributed by atoms with Crippen LogP contribution in [0.5, 0.6) is 0 Å². The summed E-state index contributed by atoms with van der Waals surface area (Å²) in [5, 5.41) is 3.31. The van der Waals surface area contributed by atoms with Gasteiger partial charge in [-0.1, -0.05) is 13.3 Å². The van der Waals surface area contributed by atoms with Gasteiger partial charge in [-0.25, -0.2) is 0 Å².